The summed E-state index contributed by atoms with van der Waals surface area (Å²) >= 11 is 1.59. The van der Waals surface area contributed by atoms with E-state index in [4.69, 9.17) is 5.26 Å². The SMILES string of the molecule is N#Cc1ccc(C(=O)Nc2ccccc2-c2nc3ccccc3s2)cc1. The molecule has 0 bridgehead atoms. The number of amides is 1. The maximum absolute atomic E-state index is 12.6. The molecule has 5 heteroatoms. The summed E-state index contributed by atoms with van der Waals surface area (Å²) in [5.74, 6) is -0.219. The fraction of sp³-hybridized carbons (Fsp3) is 0. The smallest absolute Gasteiger partial charge is 0.255 e. The number of nitrogens with zero attached hydrogens (tertiary/aromatic N) is 2. The Labute approximate surface area is 154 Å². The Hall–Kier alpha value is -3.49. The number of carbonyl (C=O) groups excluding carboxylic acids is 1. The monoisotopic (exact) mass is 355 g/mol. The summed E-state index contributed by atoms with van der Waals surface area (Å²) in [6.45, 7) is 0. The largest absolute Gasteiger partial charge is 0.321 e. The van der Waals surface area contributed by atoms with E-state index in [0.717, 1.165) is 20.8 Å². The molecule has 0 aliphatic carbocycles. The zero-order valence-corrected chi connectivity index (χ0v) is 14.5. The van der Waals surface area contributed by atoms with E-state index in [1.807, 2.05) is 54.6 Å². The van der Waals surface area contributed by atoms with Crippen molar-refractivity contribution in [1.82, 2.24) is 4.98 Å². The topological polar surface area (TPSA) is 65.8 Å². The minimum absolute atomic E-state index is 0.219. The summed E-state index contributed by atoms with van der Waals surface area (Å²) in [7, 11) is 0. The quantitative estimate of drug-likeness (QED) is 0.557. The second-order valence-corrected chi connectivity index (χ2v) is 6.71. The van der Waals surface area contributed by atoms with Gasteiger partial charge in [-0.3, -0.25) is 4.79 Å². The zero-order chi connectivity index (χ0) is 17.9. The number of aromatic nitrogens is 1. The average molecular weight is 355 g/mol. The molecule has 0 atom stereocenters. The highest BCUT2D eigenvalue weighted by molar-refractivity contribution is 7.21. The molecule has 0 spiro atoms. The summed E-state index contributed by atoms with van der Waals surface area (Å²) < 4.78 is 1.11. The number of nitriles is 1. The number of thiazole rings is 1. The lowest BCUT2D eigenvalue weighted by Gasteiger charge is -2.09. The molecule has 1 amide bonds. The van der Waals surface area contributed by atoms with Gasteiger partial charge in [-0.1, -0.05) is 24.3 Å². The van der Waals surface area contributed by atoms with E-state index in [-0.39, 0.29) is 5.91 Å². The fourth-order valence-electron chi connectivity index (χ4n) is 2.66. The first-order chi connectivity index (χ1) is 12.7. The van der Waals surface area contributed by atoms with Crippen LogP contribution in [0.2, 0.25) is 0 Å². The van der Waals surface area contributed by atoms with Crippen LogP contribution in [0.25, 0.3) is 20.8 Å². The predicted octanol–water partition coefficient (Wildman–Crippen LogP) is 5.09. The van der Waals surface area contributed by atoms with Crippen molar-refractivity contribution in [3.63, 3.8) is 0 Å². The van der Waals surface area contributed by atoms with E-state index in [2.05, 4.69) is 10.3 Å². The third kappa shape index (κ3) is 3.06. The number of nitrogens with one attached hydrogen (secondary N) is 1. The van der Waals surface area contributed by atoms with Gasteiger partial charge in [0.15, 0.2) is 0 Å². The molecule has 0 unspecified atom stereocenters. The van der Waals surface area contributed by atoms with Gasteiger partial charge in [-0.05, 0) is 48.5 Å². The number of carbonyl (C=O) groups is 1. The molecule has 1 N–H and O–H groups in total. The third-order valence-electron chi connectivity index (χ3n) is 3.98. The molecular weight excluding hydrogens is 342 g/mol. The Morgan fingerprint density at radius 1 is 0.962 bits per heavy atom. The minimum atomic E-state index is -0.219. The molecule has 124 valence electrons. The van der Waals surface area contributed by atoms with Crippen LogP contribution in [0.3, 0.4) is 0 Å². The van der Waals surface area contributed by atoms with Gasteiger partial charge in [0, 0.05) is 11.1 Å². The maximum Gasteiger partial charge on any atom is 0.255 e. The number of anilines is 1. The van der Waals surface area contributed by atoms with Gasteiger partial charge >= 0.3 is 0 Å². The molecule has 0 aliphatic heterocycles. The van der Waals surface area contributed by atoms with Crippen molar-refractivity contribution in [3.8, 4) is 16.6 Å². The van der Waals surface area contributed by atoms with E-state index in [1.54, 1.807) is 35.6 Å². The van der Waals surface area contributed by atoms with Gasteiger partial charge in [0.05, 0.1) is 27.5 Å². The van der Waals surface area contributed by atoms with Gasteiger partial charge in [-0.15, -0.1) is 11.3 Å². The minimum Gasteiger partial charge on any atom is -0.321 e. The van der Waals surface area contributed by atoms with Crippen LogP contribution in [-0.4, -0.2) is 10.9 Å². The Bertz CT molecular complexity index is 1110. The molecule has 1 heterocycles. The highest BCUT2D eigenvalue weighted by Crippen LogP contribution is 2.34. The molecular formula is C21H13N3OS. The number of benzene rings is 3. The summed E-state index contributed by atoms with van der Waals surface area (Å²) in [4.78, 5) is 17.2. The lowest BCUT2D eigenvalue weighted by Crippen LogP contribution is -2.12. The van der Waals surface area contributed by atoms with E-state index in [1.165, 1.54) is 0 Å². The van der Waals surface area contributed by atoms with E-state index in [9.17, 15) is 4.79 Å². The maximum atomic E-state index is 12.6. The van der Waals surface area contributed by atoms with Crippen molar-refractivity contribution < 1.29 is 4.79 Å². The van der Waals surface area contributed by atoms with Crippen LogP contribution in [0.15, 0.2) is 72.8 Å². The van der Waals surface area contributed by atoms with Crippen molar-refractivity contribution in [1.29, 1.82) is 5.26 Å². The first kappa shape index (κ1) is 16.0. The van der Waals surface area contributed by atoms with Crippen molar-refractivity contribution in [2.75, 3.05) is 5.32 Å². The Morgan fingerprint density at radius 3 is 2.46 bits per heavy atom. The van der Waals surface area contributed by atoms with Crippen LogP contribution in [-0.2, 0) is 0 Å². The molecule has 26 heavy (non-hydrogen) atoms. The normalized spacial score (nSPS) is 10.4. The van der Waals surface area contributed by atoms with Crippen molar-refractivity contribution in [2.45, 2.75) is 0 Å². The van der Waals surface area contributed by atoms with Crippen LogP contribution in [0.5, 0.6) is 0 Å². The standard InChI is InChI=1S/C21H13N3OS/c22-13-14-9-11-15(12-10-14)20(25)23-17-6-2-1-5-16(17)21-24-18-7-3-4-8-19(18)26-21/h1-12H,(H,23,25). The van der Waals surface area contributed by atoms with Gasteiger partial charge < -0.3 is 5.32 Å². The molecule has 0 aliphatic rings. The first-order valence-corrected chi connectivity index (χ1v) is 8.83. The van der Waals surface area contributed by atoms with Gasteiger partial charge in [-0.2, -0.15) is 5.26 Å². The second-order valence-electron chi connectivity index (χ2n) is 5.68. The number of fused-ring (bicyclic) bond motifs is 1. The second kappa shape index (κ2) is 6.79. The average Bonchev–Trinajstić information content (AvgIpc) is 3.12. The van der Waals surface area contributed by atoms with Crippen LogP contribution in [0, 0.1) is 11.3 Å². The van der Waals surface area contributed by atoms with Gasteiger partial charge in [-0.25, -0.2) is 4.98 Å². The summed E-state index contributed by atoms with van der Waals surface area (Å²) in [5, 5.41) is 12.7. The molecule has 0 fully saturated rings. The third-order valence-corrected chi connectivity index (χ3v) is 5.05. The zero-order valence-electron chi connectivity index (χ0n) is 13.6. The van der Waals surface area contributed by atoms with Gasteiger partial charge in [0.25, 0.3) is 5.91 Å². The van der Waals surface area contributed by atoms with Crippen LogP contribution in [0.4, 0.5) is 5.69 Å². The lowest BCUT2D eigenvalue weighted by atomic mass is 10.1. The van der Waals surface area contributed by atoms with Gasteiger partial charge in [0.2, 0.25) is 0 Å². The molecule has 4 nitrogen and oxygen atoms in total. The van der Waals surface area contributed by atoms with Crippen molar-refractivity contribution >= 4 is 33.1 Å². The Morgan fingerprint density at radius 2 is 1.69 bits per heavy atom. The molecule has 0 radical (unpaired) electrons. The van der Waals surface area contributed by atoms with Gasteiger partial charge in [0.1, 0.15) is 5.01 Å². The Kier molecular flexibility index (Phi) is 4.18. The molecule has 4 rings (SSSR count). The number of hydrogen-bond acceptors (Lipinski definition) is 4. The fourth-order valence-corrected chi connectivity index (χ4v) is 3.66. The summed E-state index contributed by atoms with van der Waals surface area (Å²) in [5.41, 5.74) is 3.57. The molecule has 0 saturated carbocycles. The van der Waals surface area contributed by atoms with Crippen LogP contribution in [0.1, 0.15) is 15.9 Å². The number of para-hydroxylation sites is 2. The molecule has 4 aromatic rings. The molecule has 3 aromatic carbocycles. The highest BCUT2D eigenvalue weighted by atomic mass is 32.1. The van der Waals surface area contributed by atoms with Crippen LogP contribution >= 0.6 is 11.3 Å². The first-order valence-electron chi connectivity index (χ1n) is 8.01. The van der Waals surface area contributed by atoms with E-state index >= 15 is 0 Å². The predicted molar refractivity (Wildman–Crippen MR) is 104 cm³/mol. The highest BCUT2D eigenvalue weighted by Gasteiger charge is 2.13. The summed E-state index contributed by atoms with van der Waals surface area (Å²) in [6, 6.07) is 24.2. The number of rotatable bonds is 3. The van der Waals surface area contributed by atoms with Crippen molar-refractivity contribution in [3.05, 3.63) is 83.9 Å². The van der Waals surface area contributed by atoms with E-state index in [0.29, 0.717) is 16.8 Å². The molecule has 0 saturated heterocycles. The molecule has 1 aromatic heterocycles. The number of hydrogen-bond donors (Lipinski definition) is 1. The van der Waals surface area contributed by atoms with Crippen LogP contribution < -0.4 is 5.32 Å². The summed E-state index contributed by atoms with van der Waals surface area (Å²) in [6.07, 6.45) is 0. The van der Waals surface area contributed by atoms with Crippen molar-refractivity contribution in [2.24, 2.45) is 0 Å². The lowest BCUT2D eigenvalue weighted by molar-refractivity contribution is 0.102. The van der Waals surface area contributed by atoms with E-state index < -0.39 is 0 Å². The Balaban J connectivity index is 1.67.